The molecular formula is C22H43NO4. The number of carbonyl (C=O) groups is 1. The molecule has 0 fully saturated rings. The van der Waals surface area contributed by atoms with Crippen molar-refractivity contribution in [1.29, 1.82) is 0 Å². The van der Waals surface area contributed by atoms with Crippen LogP contribution < -0.4 is 5.32 Å². The van der Waals surface area contributed by atoms with Gasteiger partial charge in [0.25, 0.3) is 0 Å². The quantitative estimate of drug-likeness (QED) is 0.479. The smallest absolute Gasteiger partial charge is 0.302 e. The SMILES string of the molecule is C.C=C(NCC)C(C(C=C=O)CC(OC(C)=O)C(C)(C)C)C(C)(C)C.CO. The lowest BCUT2D eigenvalue weighted by atomic mass is 9.68. The van der Waals surface area contributed by atoms with Crippen LogP contribution >= 0.6 is 0 Å². The van der Waals surface area contributed by atoms with E-state index in [0.717, 1.165) is 19.4 Å². The molecule has 0 aromatic heterocycles. The first kappa shape index (κ1) is 30.2. The number of ether oxygens (including phenoxy) is 1. The fourth-order valence-corrected chi connectivity index (χ4v) is 3.17. The van der Waals surface area contributed by atoms with E-state index < -0.39 is 0 Å². The summed E-state index contributed by atoms with van der Waals surface area (Å²) in [6.07, 6.45) is 1.83. The molecule has 0 aromatic carbocycles. The third-order valence-corrected chi connectivity index (χ3v) is 4.18. The first-order valence-electron chi connectivity index (χ1n) is 9.10. The van der Waals surface area contributed by atoms with E-state index >= 15 is 0 Å². The molecule has 0 aliphatic rings. The van der Waals surface area contributed by atoms with Crippen LogP contribution in [0.25, 0.3) is 0 Å². The van der Waals surface area contributed by atoms with Gasteiger partial charge in [0, 0.05) is 38.3 Å². The number of carbonyl (C=O) groups excluding carboxylic acids is 2. The van der Waals surface area contributed by atoms with Crippen LogP contribution in [0.3, 0.4) is 0 Å². The van der Waals surface area contributed by atoms with Gasteiger partial charge in [-0.3, -0.25) is 4.79 Å². The monoisotopic (exact) mass is 385 g/mol. The van der Waals surface area contributed by atoms with Gasteiger partial charge in [0.1, 0.15) is 12.0 Å². The Morgan fingerprint density at radius 1 is 1.19 bits per heavy atom. The highest BCUT2D eigenvalue weighted by atomic mass is 16.5. The number of aliphatic hydroxyl groups is 1. The van der Waals surface area contributed by atoms with Crippen molar-refractivity contribution in [2.75, 3.05) is 13.7 Å². The average Bonchev–Trinajstić information content (AvgIpc) is 2.46. The van der Waals surface area contributed by atoms with E-state index in [1.807, 2.05) is 33.6 Å². The Kier molecular flexibility index (Phi) is 15.2. The van der Waals surface area contributed by atoms with E-state index in [1.165, 1.54) is 6.92 Å². The molecular weight excluding hydrogens is 342 g/mol. The minimum Gasteiger partial charge on any atom is -0.462 e. The average molecular weight is 386 g/mol. The Bertz CT molecular complexity index is 480. The predicted octanol–water partition coefficient (Wildman–Crippen LogP) is 4.39. The molecule has 0 spiro atoms. The Balaban J connectivity index is -0.00000185. The highest BCUT2D eigenvalue weighted by Crippen LogP contribution is 2.41. The molecule has 0 saturated carbocycles. The van der Waals surface area contributed by atoms with Crippen LogP contribution in [0.2, 0.25) is 0 Å². The zero-order valence-corrected chi connectivity index (χ0v) is 18.1. The maximum Gasteiger partial charge on any atom is 0.302 e. The number of rotatable bonds is 8. The Hall–Kier alpha value is -1.58. The predicted molar refractivity (Wildman–Crippen MR) is 114 cm³/mol. The highest BCUT2D eigenvalue weighted by Gasteiger charge is 2.38. The molecule has 0 rings (SSSR count). The first-order valence-corrected chi connectivity index (χ1v) is 9.10. The van der Waals surface area contributed by atoms with Crippen LogP contribution in [-0.2, 0) is 14.3 Å². The molecule has 3 unspecified atom stereocenters. The lowest BCUT2D eigenvalue weighted by molar-refractivity contribution is -0.153. The molecule has 0 amide bonds. The molecule has 0 saturated heterocycles. The van der Waals surface area contributed by atoms with Gasteiger partial charge in [-0.1, -0.05) is 55.5 Å². The summed E-state index contributed by atoms with van der Waals surface area (Å²) in [5.41, 5.74) is 0.579. The Morgan fingerprint density at radius 3 is 1.96 bits per heavy atom. The van der Waals surface area contributed by atoms with Gasteiger partial charge in [-0.05, 0) is 30.1 Å². The fourth-order valence-electron chi connectivity index (χ4n) is 3.17. The molecule has 0 aliphatic heterocycles. The number of aliphatic hydroxyl groups excluding tert-OH is 1. The highest BCUT2D eigenvalue weighted by molar-refractivity contribution is 5.66. The van der Waals surface area contributed by atoms with Gasteiger partial charge in [0.2, 0.25) is 0 Å². The van der Waals surface area contributed by atoms with Gasteiger partial charge in [-0.2, -0.15) is 0 Å². The van der Waals surface area contributed by atoms with E-state index in [1.54, 1.807) is 6.08 Å². The van der Waals surface area contributed by atoms with E-state index in [0.29, 0.717) is 6.42 Å². The van der Waals surface area contributed by atoms with Crippen molar-refractivity contribution < 1.29 is 19.4 Å². The van der Waals surface area contributed by atoms with E-state index in [9.17, 15) is 9.59 Å². The summed E-state index contributed by atoms with van der Waals surface area (Å²) < 4.78 is 5.56. The molecule has 5 nitrogen and oxygen atoms in total. The second-order valence-corrected chi connectivity index (χ2v) is 8.55. The number of nitrogens with one attached hydrogen (secondary N) is 1. The van der Waals surface area contributed by atoms with Crippen molar-refractivity contribution in [3.8, 4) is 0 Å². The largest absolute Gasteiger partial charge is 0.462 e. The van der Waals surface area contributed by atoms with Crippen molar-refractivity contribution in [3.05, 3.63) is 18.4 Å². The minimum absolute atomic E-state index is 0. The van der Waals surface area contributed by atoms with Gasteiger partial charge in [-0.25, -0.2) is 4.79 Å². The van der Waals surface area contributed by atoms with Crippen LogP contribution in [0.4, 0.5) is 0 Å². The summed E-state index contributed by atoms with van der Waals surface area (Å²) in [4.78, 5) is 22.6. The maximum absolute atomic E-state index is 11.5. The summed E-state index contributed by atoms with van der Waals surface area (Å²) in [6, 6.07) is 0. The first-order chi connectivity index (χ1) is 11.8. The molecule has 0 heterocycles. The zero-order chi connectivity index (χ0) is 21.1. The summed E-state index contributed by atoms with van der Waals surface area (Å²) in [5.74, 6) is 1.55. The summed E-state index contributed by atoms with van der Waals surface area (Å²) in [6.45, 7) is 20.9. The topological polar surface area (TPSA) is 75.6 Å². The molecule has 0 bridgehead atoms. The van der Waals surface area contributed by atoms with Crippen molar-refractivity contribution >= 4 is 11.9 Å². The molecule has 0 aromatic rings. The lowest BCUT2D eigenvalue weighted by Gasteiger charge is -2.40. The molecule has 2 N–H and O–H groups in total. The Morgan fingerprint density at radius 2 is 1.67 bits per heavy atom. The third-order valence-electron chi connectivity index (χ3n) is 4.18. The standard InChI is InChI=1S/C20H35NO3.CH4O.CH4/c1-10-21-14(2)18(20(7,8)9)16(11-12-22)13-17(19(4,5)6)24-15(3)23;1-2;/h11,16-18,21H,2,10,13H2,1,3-9H3;2H,1H3;1H4. The van der Waals surface area contributed by atoms with Crippen molar-refractivity contribution in [3.63, 3.8) is 0 Å². The zero-order valence-electron chi connectivity index (χ0n) is 18.1. The van der Waals surface area contributed by atoms with Crippen LogP contribution in [0, 0.1) is 22.7 Å². The molecule has 0 radical (unpaired) electrons. The van der Waals surface area contributed by atoms with Gasteiger partial charge >= 0.3 is 5.97 Å². The van der Waals surface area contributed by atoms with Crippen LogP contribution in [0.15, 0.2) is 18.4 Å². The van der Waals surface area contributed by atoms with Crippen LogP contribution in [-0.4, -0.2) is 36.8 Å². The fraction of sp³-hybridized carbons (Fsp3) is 0.773. The van der Waals surface area contributed by atoms with Crippen molar-refractivity contribution in [2.45, 2.75) is 75.3 Å². The summed E-state index contributed by atoms with van der Waals surface area (Å²) in [5, 5.41) is 10.3. The molecule has 160 valence electrons. The second-order valence-electron chi connectivity index (χ2n) is 8.55. The molecule has 27 heavy (non-hydrogen) atoms. The van der Waals surface area contributed by atoms with Gasteiger partial charge < -0.3 is 15.2 Å². The maximum atomic E-state index is 11.5. The van der Waals surface area contributed by atoms with Crippen molar-refractivity contribution in [2.24, 2.45) is 22.7 Å². The third kappa shape index (κ3) is 11.7. The number of hydrogen-bond donors (Lipinski definition) is 2. The van der Waals surface area contributed by atoms with E-state index in [2.05, 4.69) is 32.7 Å². The van der Waals surface area contributed by atoms with Crippen LogP contribution in [0.5, 0.6) is 0 Å². The van der Waals surface area contributed by atoms with Gasteiger partial charge in [-0.15, -0.1) is 0 Å². The van der Waals surface area contributed by atoms with Gasteiger partial charge in [0.05, 0.1) is 0 Å². The Labute approximate surface area is 167 Å². The number of allylic oxidation sites excluding steroid dienone is 2. The van der Waals surface area contributed by atoms with E-state index in [4.69, 9.17) is 9.84 Å². The summed E-state index contributed by atoms with van der Waals surface area (Å²) >= 11 is 0. The second kappa shape index (κ2) is 13.6. The summed E-state index contributed by atoms with van der Waals surface area (Å²) in [7, 11) is 1.00. The van der Waals surface area contributed by atoms with Crippen LogP contribution in [0.1, 0.15) is 69.2 Å². The van der Waals surface area contributed by atoms with Gasteiger partial charge in [0.15, 0.2) is 0 Å². The number of esters is 1. The molecule has 0 aliphatic carbocycles. The normalized spacial score (nSPS) is 14.1. The molecule has 3 atom stereocenters. The van der Waals surface area contributed by atoms with E-state index in [-0.39, 0.29) is 42.2 Å². The van der Waals surface area contributed by atoms with Crippen molar-refractivity contribution in [1.82, 2.24) is 5.32 Å². The molecule has 5 heteroatoms. The lowest BCUT2D eigenvalue weighted by Crippen LogP contribution is -2.39. The number of hydrogen-bond acceptors (Lipinski definition) is 5. The minimum atomic E-state index is -0.304.